The lowest BCUT2D eigenvalue weighted by Crippen LogP contribution is -2.09. The van der Waals surface area contributed by atoms with Crippen molar-refractivity contribution in [2.75, 3.05) is 0 Å². The maximum atomic E-state index is 12.9. The second-order valence-corrected chi connectivity index (χ2v) is 6.87. The first-order valence-electron chi connectivity index (χ1n) is 9.36. The molecule has 0 fully saturated rings. The number of carbonyl (C=O) groups is 1. The Bertz CT molecular complexity index is 1360. The molecule has 146 valence electrons. The van der Waals surface area contributed by atoms with Gasteiger partial charge in [-0.2, -0.15) is 5.26 Å². The smallest absolute Gasteiger partial charge is 0.339 e. The lowest BCUT2D eigenvalue weighted by molar-refractivity contribution is 0.0474. The summed E-state index contributed by atoms with van der Waals surface area (Å²) in [6.45, 7) is 1.83. The van der Waals surface area contributed by atoms with Crippen LogP contribution in [0.4, 0.5) is 0 Å². The zero-order valence-corrected chi connectivity index (χ0v) is 16.2. The SMILES string of the molecule is Cc1ccc2c(COC(=O)c3ccccc3-c3ccccc3C#N)cc(=O)oc2c1. The number of hydrogen-bond acceptors (Lipinski definition) is 5. The van der Waals surface area contributed by atoms with E-state index in [0.29, 0.717) is 33.4 Å². The number of carbonyl (C=O) groups excluding carboxylic acids is 1. The summed E-state index contributed by atoms with van der Waals surface area (Å²) in [5.74, 6) is -0.535. The Labute approximate surface area is 172 Å². The van der Waals surface area contributed by atoms with Crippen molar-refractivity contribution >= 4 is 16.9 Å². The highest BCUT2D eigenvalue weighted by Gasteiger charge is 2.17. The van der Waals surface area contributed by atoms with Gasteiger partial charge >= 0.3 is 11.6 Å². The normalized spacial score (nSPS) is 10.5. The summed E-state index contributed by atoms with van der Waals surface area (Å²) in [5, 5.41) is 10.1. The molecule has 0 atom stereocenters. The third-order valence-corrected chi connectivity index (χ3v) is 4.83. The lowest BCUT2D eigenvalue weighted by Gasteiger charge is -2.12. The van der Waals surface area contributed by atoms with Crippen LogP contribution < -0.4 is 5.63 Å². The number of fused-ring (bicyclic) bond motifs is 1. The summed E-state index contributed by atoms with van der Waals surface area (Å²) >= 11 is 0. The topological polar surface area (TPSA) is 80.3 Å². The van der Waals surface area contributed by atoms with Gasteiger partial charge in [0.2, 0.25) is 0 Å². The molecular weight excluding hydrogens is 378 g/mol. The minimum atomic E-state index is -0.535. The number of aryl methyl sites for hydroxylation is 1. The zero-order chi connectivity index (χ0) is 21.1. The first-order chi connectivity index (χ1) is 14.6. The summed E-state index contributed by atoms with van der Waals surface area (Å²) in [6.07, 6.45) is 0. The number of ether oxygens (including phenoxy) is 1. The van der Waals surface area contributed by atoms with Gasteiger partial charge in [0.25, 0.3) is 0 Å². The molecule has 1 heterocycles. The largest absolute Gasteiger partial charge is 0.457 e. The van der Waals surface area contributed by atoms with Crippen LogP contribution in [0.1, 0.15) is 27.0 Å². The van der Waals surface area contributed by atoms with E-state index in [-0.39, 0.29) is 6.61 Å². The number of nitrogens with zero attached hydrogens (tertiary/aromatic N) is 1. The van der Waals surface area contributed by atoms with E-state index in [9.17, 15) is 14.9 Å². The van der Waals surface area contributed by atoms with Crippen molar-refractivity contribution in [2.24, 2.45) is 0 Å². The van der Waals surface area contributed by atoms with Crippen LogP contribution in [-0.2, 0) is 11.3 Å². The van der Waals surface area contributed by atoms with Crippen LogP contribution >= 0.6 is 0 Å². The van der Waals surface area contributed by atoms with Gasteiger partial charge in [-0.15, -0.1) is 0 Å². The highest BCUT2D eigenvalue weighted by Crippen LogP contribution is 2.28. The van der Waals surface area contributed by atoms with Crippen molar-refractivity contribution in [3.63, 3.8) is 0 Å². The molecule has 0 saturated heterocycles. The van der Waals surface area contributed by atoms with Crippen molar-refractivity contribution in [1.29, 1.82) is 5.26 Å². The predicted molar refractivity (Wildman–Crippen MR) is 113 cm³/mol. The van der Waals surface area contributed by atoms with Gasteiger partial charge in [-0.05, 0) is 36.2 Å². The van der Waals surface area contributed by atoms with Crippen LogP contribution in [0.5, 0.6) is 0 Å². The minimum absolute atomic E-state index is 0.0712. The molecular formula is C25H17NO4. The van der Waals surface area contributed by atoms with E-state index < -0.39 is 11.6 Å². The van der Waals surface area contributed by atoms with Gasteiger partial charge in [-0.1, -0.05) is 48.5 Å². The third kappa shape index (κ3) is 3.71. The Morgan fingerprint density at radius 3 is 2.53 bits per heavy atom. The minimum Gasteiger partial charge on any atom is -0.457 e. The Morgan fingerprint density at radius 2 is 1.73 bits per heavy atom. The standard InChI is InChI=1S/C25H17NO4/c1-16-10-11-20-18(13-24(27)30-23(20)12-16)15-29-25(28)22-9-5-4-8-21(22)19-7-3-2-6-17(19)14-26/h2-13H,15H2,1H3. The van der Waals surface area contributed by atoms with Gasteiger partial charge in [0.05, 0.1) is 17.2 Å². The monoisotopic (exact) mass is 395 g/mol. The van der Waals surface area contributed by atoms with Crippen molar-refractivity contribution in [1.82, 2.24) is 0 Å². The van der Waals surface area contributed by atoms with E-state index in [1.807, 2.05) is 25.1 Å². The second-order valence-electron chi connectivity index (χ2n) is 6.87. The molecule has 1 aromatic heterocycles. The van der Waals surface area contributed by atoms with Crippen molar-refractivity contribution in [3.8, 4) is 17.2 Å². The molecule has 0 aliphatic rings. The Balaban J connectivity index is 1.66. The maximum absolute atomic E-state index is 12.9. The summed E-state index contributed by atoms with van der Waals surface area (Å²) in [7, 11) is 0. The Hall–Kier alpha value is -4.17. The van der Waals surface area contributed by atoms with Crippen LogP contribution in [0, 0.1) is 18.3 Å². The van der Waals surface area contributed by atoms with Crippen LogP contribution in [0.15, 0.2) is 82.0 Å². The summed E-state index contributed by atoms with van der Waals surface area (Å²) in [5.41, 5.74) is 3.60. The molecule has 0 N–H and O–H groups in total. The molecule has 30 heavy (non-hydrogen) atoms. The van der Waals surface area contributed by atoms with Crippen LogP contribution in [0.2, 0.25) is 0 Å². The van der Waals surface area contributed by atoms with E-state index in [4.69, 9.17) is 9.15 Å². The molecule has 0 spiro atoms. The number of esters is 1. The molecule has 0 unspecified atom stereocenters. The molecule has 0 aliphatic heterocycles. The summed E-state index contributed by atoms with van der Waals surface area (Å²) in [6, 6.07) is 23.1. The van der Waals surface area contributed by atoms with E-state index in [1.54, 1.807) is 48.5 Å². The van der Waals surface area contributed by atoms with E-state index in [1.165, 1.54) is 6.07 Å². The fourth-order valence-corrected chi connectivity index (χ4v) is 3.39. The average Bonchev–Trinajstić information content (AvgIpc) is 2.76. The molecule has 4 rings (SSSR count). The Morgan fingerprint density at radius 1 is 1.00 bits per heavy atom. The molecule has 0 aliphatic carbocycles. The number of rotatable bonds is 4. The molecule has 0 saturated carbocycles. The van der Waals surface area contributed by atoms with Crippen molar-refractivity contribution in [3.05, 3.63) is 105 Å². The Kier molecular flexibility index (Phi) is 5.15. The maximum Gasteiger partial charge on any atom is 0.339 e. The van der Waals surface area contributed by atoms with Gasteiger partial charge in [0, 0.05) is 22.6 Å². The fraction of sp³-hybridized carbons (Fsp3) is 0.0800. The third-order valence-electron chi connectivity index (χ3n) is 4.83. The molecule has 5 heteroatoms. The average molecular weight is 395 g/mol. The molecule has 4 aromatic rings. The quantitative estimate of drug-likeness (QED) is 0.359. The number of benzene rings is 3. The highest BCUT2D eigenvalue weighted by molar-refractivity contribution is 5.98. The molecule has 0 amide bonds. The summed E-state index contributed by atoms with van der Waals surface area (Å²) in [4.78, 5) is 24.8. The molecule has 0 radical (unpaired) electrons. The van der Waals surface area contributed by atoms with Gasteiger partial charge in [-0.25, -0.2) is 9.59 Å². The zero-order valence-electron chi connectivity index (χ0n) is 16.2. The van der Waals surface area contributed by atoms with Crippen molar-refractivity contribution < 1.29 is 13.9 Å². The first-order valence-corrected chi connectivity index (χ1v) is 9.36. The van der Waals surface area contributed by atoms with Crippen LogP contribution in [0.25, 0.3) is 22.1 Å². The lowest BCUT2D eigenvalue weighted by atomic mass is 9.96. The molecule has 0 bridgehead atoms. The van der Waals surface area contributed by atoms with Crippen LogP contribution in [0.3, 0.4) is 0 Å². The summed E-state index contributed by atoms with van der Waals surface area (Å²) < 4.78 is 10.8. The van der Waals surface area contributed by atoms with E-state index in [0.717, 1.165) is 10.9 Å². The number of hydrogen-bond donors (Lipinski definition) is 0. The molecule has 5 nitrogen and oxygen atoms in total. The van der Waals surface area contributed by atoms with Gasteiger partial charge in [0.1, 0.15) is 12.2 Å². The van der Waals surface area contributed by atoms with E-state index >= 15 is 0 Å². The van der Waals surface area contributed by atoms with Crippen molar-refractivity contribution in [2.45, 2.75) is 13.5 Å². The van der Waals surface area contributed by atoms with Gasteiger partial charge in [0.15, 0.2) is 0 Å². The van der Waals surface area contributed by atoms with Gasteiger partial charge in [-0.3, -0.25) is 0 Å². The fourth-order valence-electron chi connectivity index (χ4n) is 3.39. The second kappa shape index (κ2) is 8.06. The predicted octanol–water partition coefficient (Wildman–Crippen LogP) is 5.00. The highest BCUT2D eigenvalue weighted by atomic mass is 16.5. The van der Waals surface area contributed by atoms with E-state index in [2.05, 4.69) is 6.07 Å². The first kappa shape index (κ1) is 19.2. The molecule has 3 aromatic carbocycles. The van der Waals surface area contributed by atoms with Gasteiger partial charge < -0.3 is 9.15 Å². The number of nitriles is 1. The van der Waals surface area contributed by atoms with Crippen LogP contribution in [-0.4, -0.2) is 5.97 Å².